The van der Waals surface area contributed by atoms with Gasteiger partial charge in [0.05, 0.1) is 6.54 Å². The molecule has 0 unspecified atom stereocenters. The largest absolute Gasteiger partial charge is 0.448 e. The van der Waals surface area contributed by atoms with Crippen LogP contribution in [0.4, 0.5) is 0 Å². The number of esters is 1. The van der Waals surface area contributed by atoms with E-state index in [1.54, 1.807) is 0 Å². The lowest BCUT2D eigenvalue weighted by atomic mass is 10.6. The van der Waals surface area contributed by atoms with Crippen molar-refractivity contribution in [1.82, 2.24) is 5.32 Å². The van der Waals surface area contributed by atoms with Crippen molar-refractivity contribution >= 4 is 17.6 Å². The summed E-state index contributed by atoms with van der Waals surface area (Å²) >= 11 is 5.16. The monoisotopic (exact) mass is 163 g/mol. The molecule has 0 aromatic rings. The first-order valence-corrected chi connectivity index (χ1v) is 3.81. The molecule has 0 spiro atoms. The Hall–Kier alpha value is -0.280. The van der Waals surface area contributed by atoms with E-state index in [-0.39, 0.29) is 18.6 Å². The zero-order chi connectivity index (χ0) is 7.40. The highest BCUT2D eigenvalue weighted by Gasteiger charge is 2.21. The average Bonchev–Trinajstić information content (AvgIpc) is 2.67. The Morgan fingerprint density at radius 1 is 1.70 bits per heavy atom. The van der Waals surface area contributed by atoms with E-state index in [1.165, 1.54) is 12.8 Å². The van der Waals surface area contributed by atoms with Crippen LogP contribution in [0.15, 0.2) is 0 Å². The molecule has 0 saturated heterocycles. The van der Waals surface area contributed by atoms with Gasteiger partial charge in [-0.3, -0.25) is 4.79 Å². The van der Waals surface area contributed by atoms with Gasteiger partial charge in [-0.25, -0.2) is 0 Å². The maximum atomic E-state index is 10.6. The number of hydrogen-bond donors (Lipinski definition) is 1. The van der Waals surface area contributed by atoms with Gasteiger partial charge in [-0.15, -0.1) is 0 Å². The van der Waals surface area contributed by atoms with Crippen molar-refractivity contribution in [3.8, 4) is 0 Å². The van der Waals surface area contributed by atoms with E-state index >= 15 is 0 Å². The zero-order valence-electron chi connectivity index (χ0n) is 5.60. The van der Waals surface area contributed by atoms with E-state index in [2.05, 4.69) is 10.1 Å². The molecule has 1 fully saturated rings. The Balaban J connectivity index is 1.94. The number of alkyl halides is 1. The van der Waals surface area contributed by atoms with E-state index in [0.717, 1.165) is 0 Å². The van der Waals surface area contributed by atoms with Crippen molar-refractivity contribution in [3.63, 3.8) is 0 Å². The van der Waals surface area contributed by atoms with Crippen LogP contribution in [0.1, 0.15) is 12.8 Å². The van der Waals surface area contributed by atoms with Gasteiger partial charge in [0.15, 0.2) is 6.07 Å². The van der Waals surface area contributed by atoms with Crippen LogP contribution in [0, 0.1) is 0 Å². The second-order valence-electron chi connectivity index (χ2n) is 2.28. The van der Waals surface area contributed by atoms with Crippen LogP contribution in [0.25, 0.3) is 0 Å². The van der Waals surface area contributed by atoms with Gasteiger partial charge in [0.2, 0.25) is 0 Å². The minimum absolute atomic E-state index is 0.0504. The third-order valence-electron chi connectivity index (χ3n) is 1.33. The molecule has 0 aliphatic heterocycles. The standard InChI is InChI=1S/C6H10ClNO2/c7-4-10-6(9)3-8-5-1-2-5/h5,8H,1-4H2. The first kappa shape index (κ1) is 7.82. The van der Waals surface area contributed by atoms with Crippen LogP contribution in [0.2, 0.25) is 0 Å². The lowest BCUT2D eigenvalue weighted by Gasteiger charge is -2.00. The van der Waals surface area contributed by atoms with Gasteiger partial charge in [0, 0.05) is 6.04 Å². The number of ether oxygens (including phenoxy) is 1. The number of halogens is 1. The summed E-state index contributed by atoms with van der Waals surface area (Å²) in [4.78, 5) is 10.6. The van der Waals surface area contributed by atoms with Gasteiger partial charge in [-0.1, -0.05) is 11.6 Å². The number of carbonyl (C=O) groups is 1. The predicted molar refractivity (Wildman–Crippen MR) is 37.8 cm³/mol. The first-order valence-electron chi connectivity index (χ1n) is 3.28. The highest BCUT2D eigenvalue weighted by atomic mass is 35.5. The summed E-state index contributed by atoms with van der Waals surface area (Å²) in [5.74, 6) is -0.276. The minimum Gasteiger partial charge on any atom is -0.448 e. The fraction of sp³-hybridized carbons (Fsp3) is 0.833. The maximum Gasteiger partial charge on any atom is 0.321 e. The average molecular weight is 164 g/mol. The molecule has 0 bridgehead atoms. The van der Waals surface area contributed by atoms with E-state index in [9.17, 15) is 4.79 Å². The number of nitrogens with one attached hydrogen (secondary N) is 1. The van der Waals surface area contributed by atoms with Gasteiger partial charge < -0.3 is 10.1 Å². The predicted octanol–water partition coefficient (Wildman–Crippen LogP) is 0.478. The Labute approximate surface area is 64.7 Å². The van der Waals surface area contributed by atoms with Crippen molar-refractivity contribution in [3.05, 3.63) is 0 Å². The number of carbonyl (C=O) groups excluding carboxylic acids is 1. The minimum atomic E-state index is -0.276. The van der Waals surface area contributed by atoms with Crippen LogP contribution >= 0.6 is 11.6 Å². The molecule has 0 aromatic carbocycles. The van der Waals surface area contributed by atoms with Crippen LogP contribution in [0.3, 0.4) is 0 Å². The molecular formula is C6H10ClNO2. The maximum absolute atomic E-state index is 10.6. The van der Waals surface area contributed by atoms with Crippen LogP contribution in [-0.2, 0) is 9.53 Å². The van der Waals surface area contributed by atoms with Gasteiger partial charge in [-0.05, 0) is 12.8 Å². The Kier molecular flexibility index (Phi) is 2.96. The second-order valence-corrected chi connectivity index (χ2v) is 2.50. The summed E-state index contributed by atoms with van der Waals surface area (Å²) in [7, 11) is 0. The molecule has 1 saturated carbocycles. The smallest absolute Gasteiger partial charge is 0.321 e. The second kappa shape index (κ2) is 3.78. The van der Waals surface area contributed by atoms with E-state index in [0.29, 0.717) is 6.04 Å². The fourth-order valence-corrected chi connectivity index (χ4v) is 0.749. The SMILES string of the molecule is O=C(CNC1CC1)OCCl. The molecule has 1 N–H and O–H groups in total. The summed E-state index contributed by atoms with van der Waals surface area (Å²) in [6, 6.07) is 0.494. The van der Waals surface area contributed by atoms with Crippen molar-refractivity contribution in [1.29, 1.82) is 0 Å². The highest BCUT2D eigenvalue weighted by molar-refractivity contribution is 6.17. The molecule has 1 aliphatic rings. The molecule has 0 heterocycles. The molecule has 0 aromatic heterocycles. The van der Waals surface area contributed by atoms with Crippen LogP contribution < -0.4 is 5.32 Å². The molecule has 4 heteroatoms. The molecule has 0 radical (unpaired) electrons. The number of hydrogen-bond acceptors (Lipinski definition) is 3. The molecule has 1 aliphatic carbocycles. The molecule has 10 heavy (non-hydrogen) atoms. The van der Waals surface area contributed by atoms with Gasteiger partial charge in [0.1, 0.15) is 0 Å². The van der Waals surface area contributed by atoms with E-state index < -0.39 is 0 Å². The zero-order valence-corrected chi connectivity index (χ0v) is 6.36. The molecular weight excluding hydrogens is 154 g/mol. The normalized spacial score (nSPS) is 16.9. The first-order chi connectivity index (χ1) is 4.83. The van der Waals surface area contributed by atoms with Gasteiger partial charge >= 0.3 is 5.97 Å². The van der Waals surface area contributed by atoms with Gasteiger partial charge in [0.25, 0.3) is 0 Å². The molecule has 0 atom stereocenters. The third-order valence-corrected chi connectivity index (χ3v) is 1.44. The lowest BCUT2D eigenvalue weighted by molar-refractivity contribution is -0.140. The lowest BCUT2D eigenvalue weighted by Crippen LogP contribution is -2.26. The summed E-state index contributed by atoms with van der Waals surface area (Å²) in [5, 5.41) is 3.01. The Morgan fingerprint density at radius 2 is 2.40 bits per heavy atom. The number of rotatable bonds is 4. The molecule has 58 valence electrons. The van der Waals surface area contributed by atoms with Gasteiger partial charge in [-0.2, -0.15) is 0 Å². The Bertz CT molecular complexity index is 125. The van der Waals surface area contributed by atoms with Crippen LogP contribution in [-0.4, -0.2) is 24.6 Å². The third kappa shape index (κ3) is 3.03. The van der Waals surface area contributed by atoms with Crippen molar-refractivity contribution in [2.24, 2.45) is 0 Å². The summed E-state index contributed by atoms with van der Waals surface area (Å²) in [5.41, 5.74) is 0. The molecule has 0 amide bonds. The topological polar surface area (TPSA) is 38.3 Å². The quantitative estimate of drug-likeness (QED) is 0.484. The van der Waals surface area contributed by atoms with E-state index in [1.807, 2.05) is 0 Å². The fourth-order valence-electron chi connectivity index (χ4n) is 0.627. The highest BCUT2D eigenvalue weighted by Crippen LogP contribution is 2.17. The van der Waals surface area contributed by atoms with E-state index in [4.69, 9.17) is 11.6 Å². The molecule has 3 nitrogen and oxygen atoms in total. The summed E-state index contributed by atoms with van der Waals surface area (Å²) in [6.07, 6.45) is 2.35. The van der Waals surface area contributed by atoms with Crippen molar-refractivity contribution < 1.29 is 9.53 Å². The van der Waals surface area contributed by atoms with Crippen LogP contribution in [0.5, 0.6) is 0 Å². The van der Waals surface area contributed by atoms with Crippen molar-refractivity contribution in [2.45, 2.75) is 18.9 Å². The summed E-state index contributed by atoms with van der Waals surface area (Å²) in [6.45, 7) is 0.289. The molecule has 1 rings (SSSR count). The summed E-state index contributed by atoms with van der Waals surface area (Å²) < 4.78 is 4.48. The Morgan fingerprint density at radius 3 is 2.90 bits per heavy atom. The van der Waals surface area contributed by atoms with Crippen molar-refractivity contribution in [2.75, 3.05) is 12.6 Å².